The van der Waals surface area contributed by atoms with Crippen molar-refractivity contribution in [1.82, 2.24) is 14.5 Å². The average Bonchev–Trinajstić information content (AvgIpc) is 2.71. The van der Waals surface area contributed by atoms with Gasteiger partial charge >= 0.3 is 0 Å². The molecule has 0 amide bonds. The van der Waals surface area contributed by atoms with Crippen molar-refractivity contribution in [3.05, 3.63) is 6.20 Å². The van der Waals surface area contributed by atoms with Crippen molar-refractivity contribution in [2.24, 2.45) is 0 Å². The van der Waals surface area contributed by atoms with E-state index in [9.17, 15) is 8.42 Å². The standard InChI is InChI=1S/C12H22N4O3S/c1-3-6-16-9-10(11(13)14-16)20(17,18)15-12(2)4-7-19-8-5-12/h9,15H,3-8H2,1-2H3,(H2,13,14). The number of nitrogen functional groups attached to an aromatic ring is 1. The fraction of sp³-hybridized carbons (Fsp3) is 0.750. The van der Waals surface area contributed by atoms with Gasteiger partial charge in [0.25, 0.3) is 0 Å². The molecule has 3 N–H and O–H groups in total. The number of aromatic nitrogens is 2. The number of sulfonamides is 1. The van der Waals surface area contributed by atoms with Crippen LogP contribution < -0.4 is 10.5 Å². The molecule has 1 aliphatic heterocycles. The van der Waals surface area contributed by atoms with Crippen molar-refractivity contribution < 1.29 is 13.2 Å². The first kappa shape index (κ1) is 15.3. The van der Waals surface area contributed by atoms with Gasteiger partial charge in [0.15, 0.2) is 5.82 Å². The van der Waals surface area contributed by atoms with Gasteiger partial charge in [-0.05, 0) is 26.2 Å². The Hall–Kier alpha value is -1.12. The Balaban J connectivity index is 2.21. The molecule has 20 heavy (non-hydrogen) atoms. The summed E-state index contributed by atoms with van der Waals surface area (Å²) < 4.78 is 34.5. The zero-order valence-corrected chi connectivity index (χ0v) is 12.7. The highest BCUT2D eigenvalue weighted by Gasteiger charge is 2.34. The largest absolute Gasteiger partial charge is 0.381 e. The molecule has 1 aromatic heterocycles. The van der Waals surface area contributed by atoms with Crippen LogP contribution in [0.5, 0.6) is 0 Å². The van der Waals surface area contributed by atoms with E-state index in [4.69, 9.17) is 10.5 Å². The van der Waals surface area contributed by atoms with Gasteiger partial charge < -0.3 is 10.5 Å². The maximum atomic E-state index is 12.5. The summed E-state index contributed by atoms with van der Waals surface area (Å²) in [5, 5.41) is 4.03. The fourth-order valence-electron chi connectivity index (χ4n) is 2.27. The van der Waals surface area contributed by atoms with E-state index in [2.05, 4.69) is 9.82 Å². The van der Waals surface area contributed by atoms with E-state index in [1.807, 2.05) is 13.8 Å². The third kappa shape index (κ3) is 3.31. The van der Waals surface area contributed by atoms with Crippen molar-refractivity contribution >= 4 is 15.8 Å². The van der Waals surface area contributed by atoms with Crippen LogP contribution in [0.4, 0.5) is 5.82 Å². The van der Waals surface area contributed by atoms with Gasteiger partial charge in [0, 0.05) is 31.5 Å². The van der Waals surface area contributed by atoms with Crippen LogP contribution >= 0.6 is 0 Å². The minimum atomic E-state index is -3.66. The molecule has 2 rings (SSSR count). The molecule has 0 saturated carbocycles. The van der Waals surface area contributed by atoms with Gasteiger partial charge in [0.2, 0.25) is 10.0 Å². The lowest BCUT2D eigenvalue weighted by Crippen LogP contribution is -2.49. The van der Waals surface area contributed by atoms with Gasteiger partial charge in [0.05, 0.1) is 0 Å². The normalized spacial score (nSPS) is 19.1. The van der Waals surface area contributed by atoms with E-state index in [1.165, 1.54) is 6.20 Å². The molecular weight excluding hydrogens is 280 g/mol. The van der Waals surface area contributed by atoms with E-state index in [0.717, 1.165) is 6.42 Å². The smallest absolute Gasteiger partial charge is 0.246 e. The molecule has 0 spiro atoms. The van der Waals surface area contributed by atoms with Crippen LogP contribution in [-0.2, 0) is 21.3 Å². The minimum absolute atomic E-state index is 0.0432. The summed E-state index contributed by atoms with van der Waals surface area (Å²) in [5.74, 6) is 0.0432. The zero-order valence-electron chi connectivity index (χ0n) is 11.9. The minimum Gasteiger partial charge on any atom is -0.381 e. The monoisotopic (exact) mass is 302 g/mol. The molecule has 8 heteroatoms. The predicted octanol–water partition coefficient (Wildman–Crippen LogP) is 0.723. The first-order valence-electron chi connectivity index (χ1n) is 6.81. The van der Waals surface area contributed by atoms with E-state index in [1.54, 1.807) is 4.68 Å². The molecule has 1 saturated heterocycles. The van der Waals surface area contributed by atoms with Gasteiger partial charge in [-0.15, -0.1) is 0 Å². The molecule has 0 radical (unpaired) electrons. The maximum absolute atomic E-state index is 12.5. The van der Waals surface area contributed by atoms with Gasteiger partial charge in [-0.25, -0.2) is 13.1 Å². The topological polar surface area (TPSA) is 99.2 Å². The SMILES string of the molecule is CCCn1cc(S(=O)(=O)NC2(C)CCOCC2)c(N)n1. The molecule has 0 aromatic carbocycles. The molecule has 0 aliphatic carbocycles. The Kier molecular flexibility index (Phi) is 4.36. The second kappa shape index (κ2) is 5.71. The van der Waals surface area contributed by atoms with Gasteiger partial charge in [0.1, 0.15) is 4.90 Å². The molecule has 0 atom stereocenters. The summed E-state index contributed by atoms with van der Waals surface area (Å²) in [5.41, 5.74) is 5.24. The summed E-state index contributed by atoms with van der Waals surface area (Å²) in [6.07, 6.45) is 3.65. The summed E-state index contributed by atoms with van der Waals surface area (Å²) in [6, 6.07) is 0. The lowest BCUT2D eigenvalue weighted by atomic mass is 9.94. The molecule has 1 fully saturated rings. The lowest BCUT2D eigenvalue weighted by molar-refractivity contribution is 0.0537. The molecule has 0 bridgehead atoms. The predicted molar refractivity (Wildman–Crippen MR) is 75.7 cm³/mol. The number of rotatable bonds is 5. The van der Waals surface area contributed by atoms with Crippen molar-refractivity contribution in [1.29, 1.82) is 0 Å². The molecule has 0 unspecified atom stereocenters. The van der Waals surface area contributed by atoms with Crippen molar-refractivity contribution in [3.63, 3.8) is 0 Å². The third-order valence-corrected chi connectivity index (χ3v) is 5.13. The van der Waals surface area contributed by atoms with E-state index < -0.39 is 15.6 Å². The number of hydrogen-bond acceptors (Lipinski definition) is 5. The Morgan fingerprint density at radius 3 is 2.75 bits per heavy atom. The van der Waals surface area contributed by atoms with Crippen LogP contribution in [-0.4, -0.2) is 37.0 Å². The lowest BCUT2D eigenvalue weighted by Gasteiger charge is -2.33. The molecule has 1 aromatic rings. The highest BCUT2D eigenvalue weighted by molar-refractivity contribution is 7.89. The fourth-order valence-corrected chi connectivity index (χ4v) is 3.81. The average molecular weight is 302 g/mol. The molecule has 114 valence electrons. The van der Waals surface area contributed by atoms with Crippen LogP contribution in [0.2, 0.25) is 0 Å². The molecule has 1 aliphatic rings. The van der Waals surface area contributed by atoms with Gasteiger partial charge in [-0.3, -0.25) is 4.68 Å². The van der Waals surface area contributed by atoms with E-state index in [0.29, 0.717) is 32.6 Å². The van der Waals surface area contributed by atoms with Gasteiger partial charge in [-0.2, -0.15) is 5.10 Å². The van der Waals surface area contributed by atoms with Crippen LogP contribution in [0.3, 0.4) is 0 Å². The highest BCUT2D eigenvalue weighted by atomic mass is 32.2. The zero-order chi connectivity index (χ0) is 14.8. The summed E-state index contributed by atoms with van der Waals surface area (Å²) in [7, 11) is -3.66. The van der Waals surface area contributed by atoms with Crippen molar-refractivity contribution in [3.8, 4) is 0 Å². The Morgan fingerprint density at radius 2 is 2.15 bits per heavy atom. The summed E-state index contributed by atoms with van der Waals surface area (Å²) in [4.78, 5) is 0.0543. The molecular formula is C12H22N4O3S. The highest BCUT2D eigenvalue weighted by Crippen LogP contribution is 2.24. The second-order valence-electron chi connectivity index (χ2n) is 5.42. The molecule has 7 nitrogen and oxygen atoms in total. The quantitative estimate of drug-likeness (QED) is 0.835. The Labute approximate surface area is 119 Å². The summed E-state index contributed by atoms with van der Waals surface area (Å²) >= 11 is 0. The number of anilines is 1. The van der Waals surface area contributed by atoms with Crippen molar-refractivity contribution in [2.45, 2.75) is 50.1 Å². The summed E-state index contributed by atoms with van der Waals surface area (Å²) in [6.45, 7) is 5.64. The Bertz CT molecular complexity index is 561. The van der Waals surface area contributed by atoms with Crippen molar-refractivity contribution in [2.75, 3.05) is 18.9 Å². The van der Waals surface area contributed by atoms with E-state index in [-0.39, 0.29) is 10.7 Å². The number of nitrogens with one attached hydrogen (secondary N) is 1. The van der Waals surface area contributed by atoms with E-state index >= 15 is 0 Å². The number of nitrogens with zero attached hydrogens (tertiary/aromatic N) is 2. The molecule has 2 heterocycles. The number of hydrogen-bond donors (Lipinski definition) is 2. The number of aryl methyl sites for hydroxylation is 1. The third-order valence-electron chi connectivity index (χ3n) is 3.47. The van der Waals surface area contributed by atoms with Crippen LogP contribution in [0.15, 0.2) is 11.1 Å². The first-order chi connectivity index (χ1) is 9.36. The number of ether oxygens (including phenoxy) is 1. The van der Waals surface area contributed by atoms with Crippen LogP contribution in [0.1, 0.15) is 33.1 Å². The first-order valence-corrected chi connectivity index (χ1v) is 8.29. The number of nitrogens with two attached hydrogens (primary N) is 1. The second-order valence-corrected chi connectivity index (χ2v) is 7.07. The van der Waals surface area contributed by atoms with Crippen LogP contribution in [0.25, 0.3) is 0 Å². The Morgan fingerprint density at radius 1 is 1.50 bits per heavy atom. The maximum Gasteiger partial charge on any atom is 0.246 e. The van der Waals surface area contributed by atoms with Gasteiger partial charge in [-0.1, -0.05) is 6.92 Å². The van der Waals surface area contributed by atoms with Crippen LogP contribution in [0, 0.1) is 0 Å².